The Kier molecular flexibility index (Phi) is 37.5. The van der Waals surface area contributed by atoms with Gasteiger partial charge in [-0.15, -0.1) is 0 Å². The summed E-state index contributed by atoms with van der Waals surface area (Å²) in [5.74, 6) is -5.08. The number of esters is 2. The number of carboxylic acids is 1. The van der Waals surface area contributed by atoms with Crippen molar-refractivity contribution in [1.29, 1.82) is 0 Å². The van der Waals surface area contributed by atoms with Crippen LogP contribution in [0.1, 0.15) is 99.1 Å². The number of aliphatic carboxylic acids is 1. The second-order valence-electron chi connectivity index (χ2n) is 28.9. The van der Waals surface area contributed by atoms with Crippen molar-refractivity contribution in [2.75, 3.05) is 62.5 Å². The maximum absolute atomic E-state index is 14.2. The number of aliphatic hydroxyl groups is 2. The molecule has 0 aromatic carbocycles. The number of alkyl halides is 3. The van der Waals surface area contributed by atoms with Gasteiger partial charge in [-0.05, 0) is 56.8 Å². The molecule has 6 aromatic heterocycles. The topological polar surface area (TPSA) is 835 Å². The number of azide groups is 2. The lowest BCUT2D eigenvalue weighted by Crippen LogP contribution is -2.49. The van der Waals surface area contributed by atoms with Gasteiger partial charge < -0.3 is 112 Å². The number of nitrogens with one attached hydrogen (secondary N) is 1. The van der Waals surface area contributed by atoms with Crippen molar-refractivity contribution < 1.29 is 156 Å². The van der Waals surface area contributed by atoms with E-state index in [4.69, 9.17) is 101 Å². The first-order valence-electron chi connectivity index (χ1n) is 37.1. The SMILES string of the molecule is CC(C)SSC(CN=[N+]=[N-])C[C@H](N)C(=O)O[C@H]1[C@@H](O)[C@H](n2cnc3c(N)ncnc32)O[C@@H]1COP(=O)(O)O[C@H]1C[C@H](n2ccc(N)nc2=O)O[C@@H]1COP(=O)(O)O.CC(C)SSC(CN=[N+]=[N-])C[C@H](NC(=O)OC(C)(C)C)C(=O)O[C@H]1[C@@H](O)[C@H](n2cnc3c(N)ncnc32)O[C@@H]1COP(=O)(O)O[C@H]1C[C@H](n2ccc(N)nc2=O)O[C@@H]1COP(=O)(O)O.O=C(O)C(F)(F)F. The standard InChI is InChI=1S/C32H48N12O16P2S2.C27H40N12O14P2S2.C2HF3O2/c1-15(2)63-64-16(10-39-42-35)8-17(40-31(48)59-32(3,4)5)29(46)58-25-20(57-28(24(25)45)44-14-38-23-26(34)36-13-37-27(23)44)12-55-62(52,53)60-18-9-22(43-7-6-21(33)41-30(43)47)56-19(18)11-54-61(49,50)51;1-12(2)56-57-13(7-35-37-31)5-14(28)26(41)52-22-17(51-25(21(22)40)39-11-34-20-23(30)32-10-33-24(20)39)9-49-55(46,47)53-15-6-19(38-4-3-18(29)36-27(38)42)50-16(15)8-48-54(43,44)45;3-2(4,5)1(6)7/h6-7,13-20,22,24-25,28,45H,8-12H2,1-5H3,(H,40,48)(H,52,53)(H2,33,41,47)(H2,34,36,37)(H2,49,50,51);3-4,10-17,19,21-22,25,40H,5-9,28H2,1-2H3,(H,46,47)(H2,29,36,42)(H2,30,32,33)(H2,43,44,45);(H,6,7)/t16?,17-,18-,19+,20+,22+,24+,25+,28+;13?,14-,15-,16+,17+,19+,21+,22+,25+;/m00./s1. The van der Waals surface area contributed by atoms with Gasteiger partial charge in [-0.1, -0.05) is 81.1 Å². The molecule has 4 aliphatic heterocycles. The summed E-state index contributed by atoms with van der Waals surface area (Å²) in [5.41, 5.74) is 44.9. The van der Waals surface area contributed by atoms with Gasteiger partial charge in [-0.2, -0.15) is 23.1 Å². The van der Waals surface area contributed by atoms with Crippen molar-refractivity contribution in [3.8, 4) is 0 Å². The van der Waals surface area contributed by atoms with E-state index in [1.165, 1.54) is 89.5 Å². The van der Waals surface area contributed by atoms with E-state index in [0.717, 1.165) is 21.8 Å². The molecule has 4 fully saturated rings. The monoisotopic (exact) mass is 1980 g/mol. The Bertz CT molecular complexity index is 5270. The number of phosphoric ester groups is 4. The van der Waals surface area contributed by atoms with Gasteiger partial charge >= 0.3 is 72.8 Å². The number of phosphoric acid groups is 4. The summed E-state index contributed by atoms with van der Waals surface area (Å²) < 4.78 is 157. The van der Waals surface area contributed by atoms with Gasteiger partial charge in [0.05, 0.1) is 39.1 Å². The zero-order chi connectivity index (χ0) is 94.9. The number of alkyl carbamates (subject to hydrolysis) is 1. The number of carboxylic acid groups (broad SMARTS) is 1. The predicted molar refractivity (Wildman–Crippen MR) is 440 cm³/mol. The molecule has 0 bridgehead atoms. The van der Waals surface area contributed by atoms with E-state index in [2.05, 4.69) is 74.3 Å². The molecule has 0 aliphatic carbocycles. The van der Waals surface area contributed by atoms with Gasteiger partial charge in [0, 0.05) is 69.1 Å². The van der Waals surface area contributed by atoms with Crippen LogP contribution in [0.3, 0.4) is 0 Å². The van der Waals surface area contributed by atoms with Crippen LogP contribution in [0, 0.1) is 0 Å². The number of nitrogens with two attached hydrogens (primary N) is 5. The fourth-order valence-electron chi connectivity index (χ4n) is 11.9. The number of nitrogen functional groups attached to an aromatic ring is 4. The number of carbonyl (C=O) groups excluding carboxylic acids is 3. The van der Waals surface area contributed by atoms with Crippen molar-refractivity contribution in [1.82, 2.24) is 63.5 Å². The van der Waals surface area contributed by atoms with Gasteiger partial charge in [0.15, 0.2) is 47.6 Å². The van der Waals surface area contributed by atoms with Gasteiger partial charge in [0.1, 0.15) is 114 Å². The Morgan fingerprint density at radius 3 is 1.36 bits per heavy atom. The molecule has 0 spiro atoms. The average Bonchev–Trinajstić information content (AvgIpc) is 1.62. The van der Waals surface area contributed by atoms with Crippen LogP contribution in [0.15, 0.2) is 69.7 Å². The third-order valence-electron chi connectivity index (χ3n) is 17.3. The van der Waals surface area contributed by atoms with Gasteiger partial charge in [0.25, 0.3) is 0 Å². The second-order valence-corrected chi connectivity index (χ2v) is 40.5. The molecule has 0 radical (unpaired) electrons. The molecule has 10 heterocycles. The molecular weight excluding hydrogens is 1890 g/mol. The summed E-state index contributed by atoms with van der Waals surface area (Å²) in [6.45, 7) is 8.98. The lowest BCUT2D eigenvalue weighted by molar-refractivity contribution is -0.192. The first-order chi connectivity index (χ1) is 59.7. The van der Waals surface area contributed by atoms with Crippen molar-refractivity contribution >= 4 is 144 Å². The van der Waals surface area contributed by atoms with E-state index >= 15 is 0 Å². The van der Waals surface area contributed by atoms with Crippen molar-refractivity contribution in [3.05, 3.63) is 91.7 Å². The smallest absolute Gasteiger partial charge is 0.475 e. The highest BCUT2D eigenvalue weighted by Gasteiger charge is 2.53. The third-order valence-corrected chi connectivity index (χ3v) is 27.1. The van der Waals surface area contributed by atoms with Crippen LogP contribution >= 0.6 is 74.5 Å². The molecule has 4 aliphatic rings. The van der Waals surface area contributed by atoms with Crippen LogP contribution in [-0.4, -0.2) is 272 Å². The number of anilines is 4. The first-order valence-corrected chi connectivity index (χ1v) is 47.7. The number of halogens is 3. The molecule has 128 heavy (non-hydrogen) atoms. The van der Waals surface area contributed by atoms with Crippen LogP contribution in [0.25, 0.3) is 43.2 Å². The van der Waals surface area contributed by atoms with Gasteiger partial charge in [-0.3, -0.25) is 50.2 Å². The summed E-state index contributed by atoms with van der Waals surface area (Å²) in [6.07, 6.45) is -20.8. The van der Waals surface area contributed by atoms with Crippen LogP contribution in [0.4, 0.5) is 41.2 Å². The maximum Gasteiger partial charge on any atom is 0.490 e. The normalized spacial score (nSPS) is 24.4. The summed E-state index contributed by atoms with van der Waals surface area (Å²) in [5, 5.41) is 39.5. The summed E-state index contributed by atoms with van der Waals surface area (Å²) in [6, 6.07) is -0.219. The molecule has 4 saturated heterocycles. The van der Waals surface area contributed by atoms with E-state index in [9.17, 15) is 95.0 Å². The number of fused-ring (bicyclic) bond motifs is 2. The number of carbonyl (C=O) groups is 4. The van der Waals surface area contributed by atoms with E-state index < -0.39 is 213 Å². The van der Waals surface area contributed by atoms with E-state index in [1.54, 1.807) is 20.8 Å². The van der Waals surface area contributed by atoms with Gasteiger partial charge in [0.2, 0.25) is 0 Å². The Balaban J connectivity index is 0.000000296. The van der Waals surface area contributed by atoms with E-state index in [-0.39, 0.29) is 94.9 Å². The lowest BCUT2D eigenvalue weighted by Gasteiger charge is -2.28. The second kappa shape index (κ2) is 45.7. The molecule has 67 heteroatoms. The number of rotatable bonds is 39. The van der Waals surface area contributed by atoms with Crippen LogP contribution < -0.4 is 45.4 Å². The first kappa shape index (κ1) is 105. The molecule has 0 saturated carbocycles. The van der Waals surface area contributed by atoms with Crippen molar-refractivity contribution in [2.45, 2.75) is 205 Å². The predicted octanol–water partition coefficient (Wildman–Crippen LogP) is 3.20. The summed E-state index contributed by atoms with van der Waals surface area (Å²) in [4.78, 5) is 171. The number of hydrogen-bond donors (Lipinski definition) is 15. The number of aromatic nitrogens is 12. The number of nitrogens with zero attached hydrogens (tertiary/aromatic N) is 18. The summed E-state index contributed by atoms with van der Waals surface area (Å²) in [7, 11) is -15.0. The summed E-state index contributed by atoms with van der Waals surface area (Å²) >= 11 is 0. The number of hydrogen-bond acceptors (Lipinski definition) is 44. The largest absolute Gasteiger partial charge is 0.490 e. The van der Waals surface area contributed by atoms with E-state index in [0.29, 0.717) is 0 Å². The van der Waals surface area contributed by atoms with E-state index in [1.807, 2.05) is 27.7 Å². The van der Waals surface area contributed by atoms with Crippen molar-refractivity contribution in [2.24, 2.45) is 16.0 Å². The highest BCUT2D eigenvalue weighted by atomic mass is 33.1. The Hall–Kier alpha value is -8.29. The fourth-order valence-corrected chi connectivity index (χ4v) is 19.2. The molecule has 56 nitrogen and oxygen atoms in total. The molecule has 710 valence electrons. The molecule has 10 rings (SSSR count). The molecular formula is C61H89F3N24O32P4S4. The Morgan fingerprint density at radius 1 is 0.602 bits per heavy atom. The number of amides is 1. The minimum absolute atomic E-state index is 0.00838. The number of aliphatic hydroxyl groups excluding tert-OH is 2. The minimum atomic E-state index is -5.27. The molecule has 20 N–H and O–H groups in total. The van der Waals surface area contributed by atoms with Crippen LogP contribution in [0.5, 0.6) is 0 Å². The van der Waals surface area contributed by atoms with Gasteiger partial charge in [-0.25, -0.2) is 72.1 Å². The minimum Gasteiger partial charge on any atom is -0.475 e. The zero-order valence-corrected chi connectivity index (χ0v) is 74.5. The molecule has 1 amide bonds. The molecule has 6 aromatic rings. The van der Waals surface area contributed by atoms with Crippen LogP contribution in [0.2, 0.25) is 0 Å². The molecule has 20 atom stereocenters. The highest BCUT2D eigenvalue weighted by Crippen LogP contribution is 2.53. The lowest BCUT2D eigenvalue weighted by atomic mass is 10.1. The highest BCUT2D eigenvalue weighted by molar-refractivity contribution is 8.77. The quantitative estimate of drug-likeness (QED) is 0.00501. The van der Waals surface area contributed by atoms with Crippen molar-refractivity contribution in [3.63, 3.8) is 0 Å². The Labute approximate surface area is 734 Å². The number of imidazole rings is 2. The number of ether oxygens (including phenoxy) is 7. The van der Waals surface area contributed by atoms with Crippen LogP contribution in [-0.2, 0) is 92.9 Å². The fraction of sp³-hybridized carbons (Fsp3) is 0.639. The zero-order valence-electron chi connectivity index (χ0n) is 67.6. The third kappa shape index (κ3) is 31.2. The average molecular weight is 1980 g/mol. The maximum atomic E-state index is 14.2. The molecule has 4 unspecified atom stereocenters. The Morgan fingerprint density at radius 2 is 0.992 bits per heavy atom.